The van der Waals surface area contributed by atoms with E-state index in [1.165, 1.54) is 6.42 Å². The van der Waals surface area contributed by atoms with Gasteiger partial charge in [-0.25, -0.2) is 0 Å². The summed E-state index contributed by atoms with van der Waals surface area (Å²) in [4.78, 5) is 14.2. The number of likely N-dealkylation sites (tertiary alicyclic amines) is 1. The van der Waals surface area contributed by atoms with E-state index in [1.54, 1.807) is 7.11 Å². The van der Waals surface area contributed by atoms with Crippen LogP contribution in [0.1, 0.15) is 24.8 Å². The van der Waals surface area contributed by atoms with Crippen molar-refractivity contribution in [1.29, 1.82) is 0 Å². The van der Waals surface area contributed by atoms with Crippen LogP contribution in [0.3, 0.4) is 0 Å². The number of nitrogens with one attached hydrogen (secondary N) is 1. The van der Waals surface area contributed by atoms with E-state index in [9.17, 15) is 4.79 Å². The molecule has 138 valence electrons. The molecule has 0 spiro atoms. The third kappa shape index (κ3) is 4.91. The second-order valence-electron chi connectivity index (χ2n) is 6.42. The van der Waals surface area contributed by atoms with Crippen molar-refractivity contribution in [2.24, 2.45) is 0 Å². The molecule has 0 unspecified atom stereocenters. The Bertz CT molecular complexity index is 709. The highest BCUT2D eigenvalue weighted by Crippen LogP contribution is 2.21. The number of carbonyl (C=O) groups excluding carboxylic acids is 1. The predicted molar refractivity (Wildman–Crippen MR) is 103 cm³/mol. The number of ether oxygens (including phenoxy) is 2. The number of rotatable bonds is 7. The number of para-hydroxylation sites is 1. The molecule has 0 aliphatic carbocycles. The third-order valence-electron chi connectivity index (χ3n) is 4.61. The van der Waals surface area contributed by atoms with Gasteiger partial charge < -0.3 is 19.7 Å². The van der Waals surface area contributed by atoms with E-state index in [4.69, 9.17) is 9.47 Å². The molecule has 2 aromatic carbocycles. The van der Waals surface area contributed by atoms with Gasteiger partial charge in [-0.2, -0.15) is 0 Å². The van der Waals surface area contributed by atoms with E-state index in [-0.39, 0.29) is 12.5 Å². The van der Waals surface area contributed by atoms with Crippen molar-refractivity contribution in [3.63, 3.8) is 0 Å². The number of methoxy groups -OCH3 is 1. The molecule has 0 atom stereocenters. The summed E-state index contributed by atoms with van der Waals surface area (Å²) in [6, 6.07) is 15.6. The molecule has 1 aliphatic heterocycles. The first-order valence-corrected chi connectivity index (χ1v) is 9.12. The zero-order chi connectivity index (χ0) is 18.2. The predicted octanol–water partition coefficient (Wildman–Crippen LogP) is 3.70. The summed E-state index contributed by atoms with van der Waals surface area (Å²) < 4.78 is 11.0. The molecule has 1 fully saturated rings. The van der Waals surface area contributed by atoms with Crippen LogP contribution in [0.4, 0.5) is 5.69 Å². The van der Waals surface area contributed by atoms with Crippen LogP contribution in [0, 0.1) is 0 Å². The third-order valence-corrected chi connectivity index (χ3v) is 4.61. The first-order chi connectivity index (χ1) is 12.8. The van der Waals surface area contributed by atoms with Crippen LogP contribution in [0.15, 0.2) is 48.5 Å². The van der Waals surface area contributed by atoms with Gasteiger partial charge in [-0.1, -0.05) is 18.2 Å². The summed E-state index contributed by atoms with van der Waals surface area (Å²) in [6.45, 7) is 2.42. The van der Waals surface area contributed by atoms with E-state index >= 15 is 0 Å². The van der Waals surface area contributed by atoms with Gasteiger partial charge in [0.1, 0.15) is 11.5 Å². The first kappa shape index (κ1) is 18.1. The van der Waals surface area contributed by atoms with Crippen LogP contribution in [-0.2, 0) is 11.3 Å². The Hall–Kier alpha value is -2.69. The van der Waals surface area contributed by atoms with Gasteiger partial charge in [0, 0.05) is 30.9 Å². The lowest BCUT2D eigenvalue weighted by atomic mass is 10.1. The minimum atomic E-state index is 0.0719. The van der Waals surface area contributed by atoms with Crippen LogP contribution in [0.5, 0.6) is 11.5 Å². The number of carbonyl (C=O) groups is 1. The fourth-order valence-corrected chi connectivity index (χ4v) is 3.07. The number of benzene rings is 2. The Morgan fingerprint density at radius 3 is 2.50 bits per heavy atom. The minimum Gasteiger partial charge on any atom is -0.497 e. The van der Waals surface area contributed by atoms with Crippen molar-refractivity contribution in [3.05, 3.63) is 54.1 Å². The SMILES string of the molecule is COc1ccc(NCc2ccccc2OCC(=O)N2CCCCC2)cc1. The molecule has 0 aromatic heterocycles. The van der Waals surface area contributed by atoms with E-state index in [1.807, 2.05) is 53.4 Å². The Morgan fingerprint density at radius 1 is 1.04 bits per heavy atom. The molecule has 1 saturated heterocycles. The molecule has 0 saturated carbocycles. The summed E-state index contributed by atoms with van der Waals surface area (Å²) in [5.41, 5.74) is 2.03. The van der Waals surface area contributed by atoms with E-state index in [2.05, 4.69) is 5.32 Å². The van der Waals surface area contributed by atoms with Gasteiger partial charge in [-0.05, 0) is 49.6 Å². The molecule has 1 aliphatic rings. The Morgan fingerprint density at radius 2 is 1.77 bits per heavy atom. The van der Waals surface area contributed by atoms with Crippen molar-refractivity contribution in [2.45, 2.75) is 25.8 Å². The van der Waals surface area contributed by atoms with E-state index < -0.39 is 0 Å². The van der Waals surface area contributed by atoms with Gasteiger partial charge in [0.2, 0.25) is 0 Å². The average Bonchev–Trinajstić information content (AvgIpc) is 2.72. The van der Waals surface area contributed by atoms with E-state index in [0.29, 0.717) is 6.54 Å². The number of nitrogens with zero attached hydrogens (tertiary/aromatic N) is 1. The fourth-order valence-electron chi connectivity index (χ4n) is 3.07. The lowest BCUT2D eigenvalue weighted by molar-refractivity contribution is -0.134. The number of piperidine rings is 1. The van der Waals surface area contributed by atoms with Gasteiger partial charge in [-0.3, -0.25) is 4.79 Å². The van der Waals surface area contributed by atoms with Crippen molar-refractivity contribution < 1.29 is 14.3 Å². The van der Waals surface area contributed by atoms with Gasteiger partial charge in [-0.15, -0.1) is 0 Å². The lowest BCUT2D eigenvalue weighted by Crippen LogP contribution is -2.38. The largest absolute Gasteiger partial charge is 0.497 e. The van der Waals surface area contributed by atoms with Crippen molar-refractivity contribution in [2.75, 3.05) is 32.1 Å². The van der Waals surface area contributed by atoms with Crippen molar-refractivity contribution >= 4 is 11.6 Å². The lowest BCUT2D eigenvalue weighted by Gasteiger charge is -2.26. The molecular formula is C21H26N2O3. The van der Waals surface area contributed by atoms with Crippen LogP contribution in [0.2, 0.25) is 0 Å². The topological polar surface area (TPSA) is 50.8 Å². The molecule has 26 heavy (non-hydrogen) atoms. The number of anilines is 1. The number of hydrogen-bond donors (Lipinski definition) is 1. The van der Waals surface area contributed by atoms with Crippen molar-refractivity contribution in [1.82, 2.24) is 4.90 Å². The molecule has 3 rings (SSSR count). The van der Waals surface area contributed by atoms with Gasteiger partial charge >= 0.3 is 0 Å². The molecular weight excluding hydrogens is 328 g/mol. The number of amides is 1. The van der Waals surface area contributed by atoms with Crippen LogP contribution < -0.4 is 14.8 Å². The summed E-state index contributed by atoms with van der Waals surface area (Å²) in [5.74, 6) is 1.65. The number of hydrogen-bond acceptors (Lipinski definition) is 4. The molecule has 1 amide bonds. The first-order valence-electron chi connectivity index (χ1n) is 9.12. The summed E-state index contributed by atoms with van der Waals surface area (Å²) in [5, 5.41) is 3.37. The normalized spacial score (nSPS) is 14.0. The smallest absolute Gasteiger partial charge is 0.260 e. The fraction of sp³-hybridized carbons (Fsp3) is 0.381. The van der Waals surface area contributed by atoms with Crippen LogP contribution in [0.25, 0.3) is 0 Å². The highest BCUT2D eigenvalue weighted by molar-refractivity contribution is 5.77. The molecule has 2 aromatic rings. The Kier molecular flexibility index (Phi) is 6.36. The van der Waals surface area contributed by atoms with Gasteiger partial charge in [0.05, 0.1) is 7.11 Å². The Balaban J connectivity index is 1.55. The average molecular weight is 354 g/mol. The maximum atomic E-state index is 12.3. The maximum absolute atomic E-state index is 12.3. The monoisotopic (exact) mass is 354 g/mol. The highest BCUT2D eigenvalue weighted by Gasteiger charge is 2.17. The molecule has 5 heteroatoms. The second-order valence-corrected chi connectivity index (χ2v) is 6.42. The molecule has 1 N–H and O–H groups in total. The molecule has 0 bridgehead atoms. The summed E-state index contributed by atoms with van der Waals surface area (Å²) in [6.07, 6.45) is 3.40. The summed E-state index contributed by atoms with van der Waals surface area (Å²) >= 11 is 0. The quantitative estimate of drug-likeness (QED) is 0.824. The minimum absolute atomic E-state index is 0.0719. The Labute approximate surface area is 154 Å². The highest BCUT2D eigenvalue weighted by atomic mass is 16.5. The second kappa shape index (κ2) is 9.13. The van der Waals surface area contributed by atoms with Gasteiger partial charge in [0.15, 0.2) is 6.61 Å². The molecule has 5 nitrogen and oxygen atoms in total. The maximum Gasteiger partial charge on any atom is 0.260 e. The zero-order valence-electron chi connectivity index (χ0n) is 15.2. The molecule has 0 radical (unpaired) electrons. The van der Waals surface area contributed by atoms with Gasteiger partial charge in [0.25, 0.3) is 5.91 Å². The molecule has 1 heterocycles. The standard InChI is InChI=1S/C21H26N2O3/c1-25-19-11-9-18(10-12-19)22-15-17-7-3-4-8-20(17)26-16-21(24)23-13-5-2-6-14-23/h3-4,7-12,22H,2,5-6,13-16H2,1H3. The van der Waals surface area contributed by atoms with Crippen LogP contribution >= 0.6 is 0 Å². The van der Waals surface area contributed by atoms with E-state index in [0.717, 1.165) is 48.7 Å². The zero-order valence-corrected chi connectivity index (χ0v) is 15.2. The summed E-state index contributed by atoms with van der Waals surface area (Å²) in [7, 11) is 1.65. The van der Waals surface area contributed by atoms with Crippen LogP contribution in [-0.4, -0.2) is 37.6 Å². The van der Waals surface area contributed by atoms with Crippen molar-refractivity contribution in [3.8, 4) is 11.5 Å².